The number of halogens is 3. The van der Waals surface area contributed by atoms with E-state index in [0.717, 1.165) is 6.42 Å². The van der Waals surface area contributed by atoms with E-state index in [1.807, 2.05) is 11.9 Å². The van der Waals surface area contributed by atoms with Crippen molar-refractivity contribution in [2.45, 2.75) is 19.5 Å². The Morgan fingerprint density at radius 1 is 1.17 bits per heavy atom. The number of aromatic nitrogens is 4. The summed E-state index contributed by atoms with van der Waals surface area (Å²) in [6, 6.07) is 6.82. The second-order valence-corrected chi connectivity index (χ2v) is 5.04. The van der Waals surface area contributed by atoms with Crippen molar-refractivity contribution in [3.8, 4) is 17.1 Å². The minimum absolute atomic E-state index is 0.0967. The van der Waals surface area contributed by atoms with Gasteiger partial charge in [0, 0.05) is 0 Å². The zero-order chi connectivity index (χ0) is 17.3. The summed E-state index contributed by atoms with van der Waals surface area (Å²) in [5, 5.41) is 0. The van der Waals surface area contributed by atoms with Crippen molar-refractivity contribution in [1.82, 2.24) is 19.9 Å². The topological polar surface area (TPSA) is 83.7 Å². The van der Waals surface area contributed by atoms with E-state index in [9.17, 15) is 18.0 Å². The Bertz CT molecular complexity index is 930. The van der Waals surface area contributed by atoms with Crippen LogP contribution in [0.4, 0.5) is 13.2 Å². The van der Waals surface area contributed by atoms with Gasteiger partial charge in [0.05, 0.1) is 12.2 Å². The minimum atomic E-state index is -4.69. The number of hydrogen-bond donors (Lipinski definition) is 2. The molecule has 3 aromatic rings. The smallest absolute Gasteiger partial charge is 0.449 e. The highest BCUT2D eigenvalue weighted by atomic mass is 19.4. The van der Waals surface area contributed by atoms with Gasteiger partial charge in [0.15, 0.2) is 11.2 Å². The SMILES string of the molecule is CCCOc1ccccc1-c1nc2nc(C(F)(F)F)[nH]c2c(=O)[nH]1. The number of imidazole rings is 1. The summed E-state index contributed by atoms with van der Waals surface area (Å²) in [5.74, 6) is -0.684. The maximum absolute atomic E-state index is 12.7. The van der Waals surface area contributed by atoms with Crippen LogP contribution in [0.1, 0.15) is 19.2 Å². The van der Waals surface area contributed by atoms with Crippen LogP contribution in [0.2, 0.25) is 0 Å². The van der Waals surface area contributed by atoms with E-state index in [1.54, 1.807) is 24.3 Å². The van der Waals surface area contributed by atoms with Crippen LogP contribution in [0.25, 0.3) is 22.6 Å². The fourth-order valence-electron chi connectivity index (χ4n) is 2.17. The van der Waals surface area contributed by atoms with Gasteiger partial charge >= 0.3 is 6.18 Å². The summed E-state index contributed by atoms with van der Waals surface area (Å²) in [5.41, 5.74) is -0.880. The van der Waals surface area contributed by atoms with E-state index >= 15 is 0 Å². The molecular weight excluding hydrogens is 325 g/mol. The van der Waals surface area contributed by atoms with Crippen LogP contribution in [-0.4, -0.2) is 26.5 Å². The predicted octanol–water partition coefficient (Wildman–Crippen LogP) is 3.12. The Labute approximate surface area is 133 Å². The number of aromatic amines is 2. The number of hydrogen-bond acceptors (Lipinski definition) is 4. The van der Waals surface area contributed by atoms with Gasteiger partial charge in [-0.25, -0.2) is 9.97 Å². The normalized spacial score (nSPS) is 11.8. The van der Waals surface area contributed by atoms with Gasteiger partial charge in [-0.3, -0.25) is 4.79 Å². The highest BCUT2D eigenvalue weighted by Crippen LogP contribution is 2.29. The Balaban J connectivity index is 2.13. The molecule has 0 unspecified atom stereocenters. The van der Waals surface area contributed by atoms with Gasteiger partial charge in [0.1, 0.15) is 11.6 Å². The Hall–Kier alpha value is -2.84. The highest BCUT2D eigenvalue weighted by molar-refractivity contribution is 5.74. The summed E-state index contributed by atoms with van der Waals surface area (Å²) >= 11 is 0. The fourth-order valence-corrected chi connectivity index (χ4v) is 2.17. The summed E-state index contributed by atoms with van der Waals surface area (Å²) < 4.78 is 43.8. The third-order valence-corrected chi connectivity index (χ3v) is 3.23. The second kappa shape index (κ2) is 5.99. The van der Waals surface area contributed by atoms with Gasteiger partial charge in [-0.2, -0.15) is 13.2 Å². The lowest BCUT2D eigenvalue weighted by molar-refractivity contribution is -0.144. The first-order chi connectivity index (χ1) is 11.4. The van der Waals surface area contributed by atoms with Crippen molar-refractivity contribution < 1.29 is 17.9 Å². The Morgan fingerprint density at radius 3 is 2.62 bits per heavy atom. The molecule has 2 heterocycles. The van der Waals surface area contributed by atoms with Crippen molar-refractivity contribution in [1.29, 1.82) is 0 Å². The van der Waals surface area contributed by atoms with Crippen molar-refractivity contribution in [3.05, 3.63) is 40.4 Å². The number of nitrogens with zero attached hydrogens (tertiary/aromatic N) is 2. The maximum atomic E-state index is 12.7. The number of benzene rings is 1. The Morgan fingerprint density at radius 2 is 1.92 bits per heavy atom. The van der Waals surface area contributed by atoms with Gasteiger partial charge in [-0.1, -0.05) is 19.1 Å². The standard InChI is InChI=1S/C15H13F3N4O2/c1-2-7-24-9-6-4-3-5-8(9)11-20-12-10(13(23)21-11)19-14(22-12)15(16,17)18/h3-6H,2,7H2,1H3,(H2,19,20,21,22,23). The molecule has 0 aliphatic rings. The maximum Gasteiger partial charge on any atom is 0.449 e. The number of fused-ring (bicyclic) bond motifs is 1. The molecule has 0 fully saturated rings. The Kier molecular flexibility index (Phi) is 4.00. The molecule has 0 saturated heterocycles. The van der Waals surface area contributed by atoms with E-state index in [1.165, 1.54) is 0 Å². The van der Waals surface area contributed by atoms with Gasteiger partial charge in [-0.15, -0.1) is 0 Å². The molecule has 0 atom stereocenters. The lowest BCUT2D eigenvalue weighted by Crippen LogP contribution is -2.10. The number of alkyl halides is 3. The largest absolute Gasteiger partial charge is 0.493 e. The quantitative estimate of drug-likeness (QED) is 0.765. The molecule has 24 heavy (non-hydrogen) atoms. The van der Waals surface area contributed by atoms with Gasteiger partial charge in [0.2, 0.25) is 5.82 Å². The molecule has 0 saturated carbocycles. The molecule has 9 heteroatoms. The molecule has 0 aliphatic heterocycles. The lowest BCUT2D eigenvalue weighted by atomic mass is 10.2. The molecule has 1 aromatic carbocycles. The van der Waals surface area contributed by atoms with E-state index in [-0.39, 0.29) is 17.0 Å². The molecule has 2 aromatic heterocycles. The third-order valence-electron chi connectivity index (χ3n) is 3.23. The number of ether oxygens (including phenoxy) is 1. The van der Waals surface area contributed by atoms with Crippen LogP contribution in [0.3, 0.4) is 0 Å². The zero-order valence-corrected chi connectivity index (χ0v) is 12.6. The van der Waals surface area contributed by atoms with Crippen LogP contribution < -0.4 is 10.3 Å². The van der Waals surface area contributed by atoms with Crippen LogP contribution in [-0.2, 0) is 6.18 Å². The van der Waals surface area contributed by atoms with Crippen molar-refractivity contribution >= 4 is 11.2 Å². The van der Waals surface area contributed by atoms with Crippen molar-refractivity contribution in [2.75, 3.05) is 6.61 Å². The summed E-state index contributed by atoms with van der Waals surface area (Å²) in [6.45, 7) is 2.40. The van der Waals surface area contributed by atoms with E-state index in [4.69, 9.17) is 4.74 Å². The first kappa shape index (κ1) is 16.0. The fraction of sp³-hybridized carbons (Fsp3) is 0.267. The molecule has 2 N–H and O–H groups in total. The van der Waals surface area contributed by atoms with E-state index < -0.39 is 17.6 Å². The molecule has 0 spiro atoms. The van der Waals surface area contributed by atoms with Crippen LogP contribution in [0.15, 0.2) is 29.1 Å². The third kappa shape index (κ3) is 2.97. The number of nitrogens with one attached hydrogen (secondary N) is 2. The summed E-state index contributed by atoms with van der Waals surface area (Å²) in [4.78, 5) is 23.9. The van der Waals surface area contributed by atoms with Gasteiger partial charge in [-0.05, 0) is 18.6 Å². The average molecular weight is 338 g/mol. The van der Waals surface area contributed by atoms with Crippen LogP contribution >= 0.6 is 0 Å². The zero-order valence-electron chi connectivity index (χ0n) is 12.6. The molecular formula is C15H13F3N4O2. The van der Waals surface area contributed by atoms with Crippen LogP contribution in [0, 0.1) is 0 Å². The van der Waals surface area contributed by atoms with Crippen molar-refractivity contribution in [3.63, 3.8) is 0 Å². The summed E-state index contributed by atoms with van der Waals surface area (Å²) in [7, 11) is 0. The second-order valence-electron chi connectivity index (χ2n) is 5.04. The molecule has 126 valence electrons. The predicted molar refractivity (Wildman–Crippen MR) is 80.7 cm³/mol. The van der Waals surface area contributed by atoms with Gasteiger partial charge < -0.3 is 14.7 Å². The minimum Gasteiger partial charge on any atom is -0.493 e. The monoisotopic (exact) mass is 338 g/mol. The number of rotatable bonds is 4. The first-order valence-electron chi connectivity index (χ1n) is 7.19. The molecule has 0 amide bonds. The van der Waals surface area contributed by atoms with E-state index in [2.05, 4.69) is 15.0 Å². The van der Waals surface area contributed by atoms with E-state index in [0.29, 0.717) is 17.9 Å². The van der Waals surface area contributed by atoms with Crippen LogP contribution in [0.5, 0.6) is 5.75 Å². The highest BCUT2D eigenvalue weighted by Gasteiger charge is 2.35. The number of H-pyrrole nitrogens is 2. The number of para-hydroxylation sites is 1. The molecule has 0 bridgehead atoms. The first-order valence-corrected chi connectivity index (χ1v) is 7.19. The molecule has 0 radical (unpaired) electrons. The summed E-state index contributed by atoms with van der Waals surface area (Å²) in [6.07, 6.45) is -3.90. The molecule has 6 nitrogen and oxygen atoms in total. The molecule has 0 aliphatic carbocycles. The molecule has 3 rings (SSSR count). The average Bonchev–Trinajstić information content (AvgIpc) is 2.98. The van der Waals surface area contributed by atoms with Gasteiger partial charge in [0.25, 0.3) is 5.56 Å². The lowest BCUT2D eigenvalue weighted by Gasteiger charge is -2.09. The van der Waals surface area contributed by atoms with Crippen molar-refractivity contribution in [2.24, 2.45) is 0 Å².